The lowest BCUT2D eigenvalue weighted by Gasteiger charge is -2.12. The van der Waals surface area contributed by atoms with Crippen molar-refractivity contribution in [1.29, 1.82) is 5.41 Å². The van der Waals surface area contributed by atoms with Crippen LogP contribution < -0.4 is 11.1 Å². The van der Waals surface area contributed by atoms with Crippen LogP contribution >= 0.6 is 0 Å². The lowest BCUT2D eigenvalue weighted by atomic mass is 9.92. The number of nitrogen functional groups attached to an aromatic ring is 1. The van der Waals surface area contributed by atoms with Crippen molar-refractivity contribution in [2.45, 2.75) is 20.3 Å². The van der Waals surface area contributed by atoms with E-state index in [1.807, 2.05) is 44.2 Å². The van der Waals surface area contributed by atoms with E-state index in [0.717, 1.165) is 16.7 Å². The first kappa shape index (κ1) is 23.6. The third-order valence-corrected chi connectivity index (χ3v) is 5.19. The molecule has 0 saturated carbocycles. The first-order chi connectivity index (χ1) is 15.8. The van der Waals surface area contributed by atoms with Crippen molar-refractivity contribution < 1.29 is 9.59 Å². The van der Waals surface area contributed by atoms with E-state index in [0.29, 0.717) is 34.8 Å². The Bertz CT molecular complexity index is 1180. The molecule has 0 atom stereocenters. The number of nitrogens with one attached hydrogen (secondary N) is 2. The summed E-state index contributed by atoms with van der Waals surface area (Å²) in [6, 6.07) is 16.2. The van der Waals surface area contributed by atoms with Gasteiger partial charge in [-0.2, -0.15) is 0 Å². The van der Waals surface area contributed by atoms with Gasteiger partial charge in [0.2, 0.25) is 0 Å². The maximum absolute atomic E-state index is 13.2. The molecule has 33 heavy (non-hydrogen) atoms. The second-order valence-electron chi connectivity index (χ2n) is 8.24. The van der Waals surface area contributed by atoms with Crippen LogP contribution in [0.15, 0.2) is 67.4 Å². The molecular weight excluding hydrogens is 412 g/mol. The highest BCUT2D eigenvalue weighted by atomic mass is 16.1. The lowest BCUT2D eigenvalue weighted by molar-refractivity contribution is 0.0947. The summed E-state index contributed by atoms with van der Waals surface area (Å²) in [5, 5.41) is 10.4. The summed E-state index contributed by atoms with van der Waals surface area (Å²) in [6.07, 6.45) is 3.30. The standard InChI is InChI=1S/C27H28N4O2/c1-4-18-5-12-23(19-6-8-20(9-7-19)27(33)31-15-17(2)3)24(13-18)25(32)14-22-11-10-21(16-30-22)26(28)29/h4-13,16-17H,1,14-15H2,2-3H3,(H3,28,29)(H,31,33). The van der Waals surface area contributed by atoms with Gasteiger partial charge in [-0.25, -0.2) is 0 Å². The molecule has 3 rings (SSSR count). The number of aromatic nitrogens is 1. The molecule has 3 aromatic rings. The number of carbonyl (C=O) groups excluding carboxylic acids is 2. The fraction of sp³-hybridized carbons (Fsp3) is 0.185. The van der Waals surface area contributed by atoms with Crippen LogP contribution in [0.25, 0.3) is 17.2 Å². The molecule has 6 heteroatoms. The van der Waals surface area contributed by atoms with Crippen LogP contribution in [0.2, 0.25) is 0 Å². The number of amides is 1. The number of hydrogen-bond donors (Lipinski definition) is 3. The normalized spacial score (nSPS) is 10.6. The monoisotopic (exact) mass is 440 g/mol. The van der Waals surface area contributed by atoms with E-state index in [9.17, 15) is 9.59 Å². The van der Waals surface area contributed by atoms with Crippen LogP contribution in [0.5, 0.6) is 0 Å². The third kappa shape index (κ3) is 6.01. The maximum Gasteiger partial charge on any atom is 0.251 e. The van der Waals surface area contributed by atoms with Crippen molar-refractivity contribution in [3.8, 4) is 11.1 Å². The average Bonchev–Trinajstić information content (AvgIpc) is 2.82. The zero-order valence-corrected chi connectivity index (χ0v) is 18.9. The topological polar surface area (TPSA) is 109 Å². The van der Waals surface area contributed by atoms with E-state index < -0.39 is 0 Å². The Morgan fingerprint density at radius 2 is 1.79 bits per heavy atom. The molecule has 1 amide bonds. The van der Waals surface area contributed by atoms with Crippen molar-refractivity contribution in [1.82, 2.24) is 10.3 Å². The van der Waals surface area contributed by atoms with Gasteiger partial charge in [0.25, 0.3) is 5.91 Å². The molecular formula is C27H28N4O2. The molecule has 168 valence electrons. The number of nitrogens with two attached hydrogens (primary N) is 1. The molecule has 4 N–H and O–H groups in total. The SMILES string of the molecule is C=Cc1ccc(-c2ccc(C(=O)NCC(C)C)cc2)c(C(=O)Cc2ccc(C(=N)N)cn2)c1. The number of amidine groups is 1. The van der Waals surface area contributed by atoms with Gasteiger partial charge in [-0.05, 0) is 52.9 Å². The highest BCUT2D eigenvalue weighted by Crippen LogP contribution is 2.27. The van der Waals surface area contributed by atoms with Gasteiger partial charge < -0.3 is 11.1 Å². The summed E-state index contributed by atoms with van der Waals surface area (Å²) in [5.74, 6) is 0.102. The molecule has 1 aromatic heterocycles. The minimum Gasteiger partial charge on any atom is -0.384 e. The predicted octanol–water partition coefficient (Wildman–Crippen LogP) is 4.49. The molecule has 0 spiro atoms. The summed E-state index contributed by atoms with van der Waals surface area (Å²) in [6.45, 7) is 8.51. The van der Waals surface area contributed by atoms with E-state index >= 15 is 0 Å². The zero-order valence-electron chi connectivity index (χ0n) is 18.9. The van der Waals surface area contributed by atoms with Crippen molar-refractivity contribution in [2.24, 2.45) is 11.7 Å². The Labute approximate surface area is 194 Å². The van der Waals surface area contributed by atoms with Gasteiger partial charge in [0.15, 0.2) is 5.78 Å². The molecule has 6 nitrogen and oxygen atoms in total. The van der Waals surface area contributed by atoms with Gasteiger partial charge in [0.1, 0.15) is 5.84 Å². The first-order valence-electron chi connectivity index (χ1n) is 10.8. The summed E-state index contributed by atoms with van der Waals surface area (Å²) >= 11 is 0. The minimum atomic E-state index is -0.117. The molecule has 0 aliphatic heterocycles. The average molecular weight is 441 g/mol. The summed E-state index contributed by atoms with van der Waals surface area (Å²) in [5.41, 5.74) is 10.2. The van der Waals surface area contributed by atoms with Gasteiger partial charge in [-0.15, -0.1) is 0 Å². The molecule has 0 saturated heterocycles. The molecule has 0 radical (unpaired) electrons. The van der Waals surface area contributed by atoms with Crippen molar-refractivity contribution in [2.75, 3.05) is 6.54 Å². The zero-order chi connectivity index (χ0) is 24.0. The van der Waals surface area contributed by atoms with Gasteiger partial charge in [-0.1, -0.05) is 50.8 Å². The van der Waals surface area contributed by atoms with Crippen molar-refractivity contribution in [3.63, 3.8) is 0 Å². The summed E-state index contributed by atoms with van der Waals surface area (Å²) in [7, 11) is 0. The molecule has 0 fully saturated rings. The Kier molecular flexibility index (Phi) is 7.51. The van der Waals surface area contributed by atoms with Gasteiger partial charge in [0.05, 0.1) is 6.42 Å². The van der Waals surface area contributed by atoms with E-state index in [4.69, 9.17) is 11.1 Å². The highest BCUT2D eigenvalue weighted by molar-refractivity contribution is 6.04. The summed E-state index contributed by atoms with van der Waals surface area (Å²) in [4.78, 5) is 29.8. The Hall–Kier alpha value is -4.06. The Morgan fingerprint density at radius 3 is 2.36 bits per heavy atom. The number of pyridine rings is 1. The highest BCUT2D eigenvalue weighted by Gasteiger charge is 2.16. The number of benzene rings is 2. The quantitative estimate of drug-likeness (QED) is 0.259. The third-order valence-electron chi connectivity index (χ3n) is 5.19. The number of hydrogen-bond acceptors (Lipinski definition) is 4. The number of rotatable bonds is 9. The maximum atomic E-state index is 13.2. The smallest absolute Gasteiger partial charge is 0.251 e. The molecule has 0 aliphatic carbocycles. The van der Waals surface area contributed by atoms with Crippen LogP contribution in [-0.4, -0.2) is 29.1 Å². The number of Topliss-reactive ketones (excluding diaryl/α,β-unsaturated/α-hetero) is 1. The van der Waals surface area contributed by atoms with Crippen LogP contribution in [0.1, 0.15) is 51.4 Å². The summed E-state index contributed by atoms with van der Waals surface area (Å²) < 4.78 is 0. The second kappa shape index (κ2) is 10.5. The number of ketones is 1. The lowest BCUT2D eigenvalue weighted by Crippen LogP contribution is -2.27. The minimum absolute atomic E-state index is 0.0670. The first-order valence-corrected chi connectivity index (χ1v) is 10.8. The molecule has 0 bridgehead atoms. The van der Waals surface area contributed by atoms with E-state index in [-0.39, 0.29) is 23.9 Å². The van der Waals surface area contributed by atoms with Crippen LogP contribution in [0.4, 0.5) is 0 Å². The molecule has 0 aliphatic rings. The van der Waals surface area contributed by atoms with Gasteiger partial charge in [0, 0.05) is 35.1 Å². The van der Waals surface area contributed by atoms with Gasteiger partial charge in [-0.3, -0.25) is 20.0 Å². The Morgan fingerprint density at radius 1 is 1.09 bits per heavy atom. The fourth-order valence-electron chi connectivity index (χ4n) is 3.32. The second-order valence-corrected chi connectivity index (χ2v) is 8.24. The van der Waals surface area contributed by atoms with Gasteiger partial charge >= 0.3 is 0 Å². The Balaban J connectivity index is 1.87. The van der Waals surface area contributed by atoms with E-state index in [2.05, 4.69) is 16.9 Å². The van der Waals surface area contributed by atoms with Crippen LogP contribution in [0, 0.1) is 11.3 Å². The van der Waals surface area contributed by atoms with Crippen LogP contribution in [0.3, 0.4) is 0 Å². The molecule has 2 aromatic carbocycles. The predicted molar refractivity (Wildman–Crippen MR) is 132 cm³/mol. The largest absolute Gasteiger partial charge is 0.384 e. The number of carbonyl (C=O) groups is 2. The molecule has 0 unspecified atom stereocenters. The molecule has 1 heterocycles. The van der Waals surface area contributed by atoms with E-state index in [1.54, 1.807) is 30.3 Å². The van der Waals surface area contributed by atoms with E-state index in [1.165, 1.54) is 6.20 Å². The number of nitrogens with zero attached hydrogens (tertiary/aromatic N) is 1. The van der Waals surface area contributed by atoms with Crippen molar-refractivity contribution in [3.05, 3.63) is 95.3 Å². The van der Waals surface area contributed by atoms with Crippen LogP contribution in [-0.2, 0) is 6.42 Å². The fourth-order valence-corrected chi connectivity index (χ4v) is 3.32. The van der Waals surface area contributed by atoms with Crippen molar-refractivity contribution >= 4 is 23.6 Å².